The normalized spacial score (nSPS) is 12.3. The van der Waals surface area contributed by atoms with Gasteiger partial charge in [-0.1, -0.05) is 42.5 Å². The van der Waals surface area contributed by atoms with E-state index in [0.29, 0.717) is 0 Å². The Bertz CT molecular complexity index is 1930. The van der Waals surface area contributed by atoms with Crippen LogP contribution in [0.1, 0.15) is 11.1 Å². The number of anilines is 4. The van der Waals surface area contributed by atoms with E-state index in [-0.39, 0.29) is 33.3 Å². The average molecular weight is 605 g/mol. The molecule has 0 aliphatic carbocycles. The molecule has 0 aliphatic rings. The number of sulfonamides is 1. The van der Waals surface area contributed by atoms with Crippen LogP contribution in [0.5, 0.6) is 0 Å². The van der Waals surface area contributed by atoms with E-state index in [9.17, 15) is 34.4 Å². The summed E-state index contributed by atoms with van der Waals surface area (Å²) >= 11 is 0. The summed E-state index contributed by atoms with van der Waals surface area (Å²) in [5, 5.41) is 2.58. The quantitative estimate of drug-likeness (QED) is 0.105. The van der Waals surface area contributed by atoms with Gasteiger partial charge in [0.2, 0.25) is 5.95 Å². The molecule has 14 nitrogen and oxygen atoms in total. The van der Waals surface area contributed by atoms with E-state index < -0.39 is 45.7 Å². The monoisotopic (exact) mass is 604 g/mol. The molecule has 3 aromatic carbocycles. The molecule has 0 atom stereocenters. The Kier molecular flexibility index (Phi) is 7.85. The average Bonchev–Trinajstić information content (AvgIpc) is 2.88. The summed E-state index contributed by atoms with van der Waals surface area (Å²) in [5.74, 6) is -0.192. The van der Waals surface area contributed by atoms with Gasteiger partial charge < -0.3 is 11.1 Å². The summed E-state index contributed by atoms with van der Waals surface area (Å²) < 4.78 is 97.0. The van der Waals surface area contributed by atoms with Gasteiger partial charge in [-0.3, -0.25) is 13.8 Å². The maximum atomic E-state index is 13.1. The van der Waals surface area contributed by atoms with Gasteiger partial charge in [0.25, 0.3) is 30.3 Å². The molecule has 4 aromatic rings. The molecule has 0 fully saturated rings. The van der Waals surface area contributed by atoms with E-state index in [4.69, 9.17) is 5.73 Å². The fourth-order valence-corrected chi connectivity index (χ4v) is 6.21. The van der Waals surface area contributed by atoms with Crippen LogP contribution >= 0.6 is 0 Å². The number of nitrogen functional groups attached to an aromatic ring is 1. The van der Waals surface area contributed by atoms with Gasteiger partial charge in [0, 0.05) is 5.69 Å². The lowest BCUT2D eigenvalue weighted by Crippen LogP contribution is -2.16. The fraction of sp³-hybridized carbons (Fsp3) is 0. The first kappa shape index (κ1) is 28.6. The van der Waals surface area contributed by atoms with Gasteiger partial charge in [0.15, 0.2) is 0 Å². The summed E-state index contributed by atoms with van der Waals surface area (Å²) in [5.41, 5.74) is 4.92. The Hall–Kier alpha value is -4.42. The zero-order valence-electron chi connectivity index (χ0n) is 20.1. The van der Waals surface area contributed by atoms with Crippen molar-refractivity contribution in [2.75, 3.05) is 15.8 Å². The Labute approximate surface area is 229 Å². The third kappa shape index (κ3) is 6.58. The highest BCUT2D eigenvalue weighted by molar-refractivity contribution is 7.92. The number of nitrogens with one attached hydrogen (secondary N) is 2. The predicted octanol–water partition coefficient (Wildman–Crippen LogP) is 2.66. The molecule has 4 rings (SSSR count). The lowest BCUT2D eigenvalue weighted by atomic mass is 10.1. The van der Waals surface area contributed by atoms with E-state index in [1.165, 1.54) is 60.7 Å². The van der Waals surface area contributed by atoms with Crippen molar-refractivity contribution in [3.05, 3.63) is 84.4 Å². The van der Waals surface area contributed by atoms with Crippen molar-refractivity contribution in [2.45, 2.75) is 14.7 Å². The van der Waals surface area contributed by atoms with Gasteiger partial charge in [-0.25, -0.2) is 23.4 Å². The second-order valence-electron chi connectivity index (χ2n) is 7.99. The van der Waals surface area contributed by atoms with E-state index in [2.05, 4.69) is 25.0 Å². The third-order valence-electron chi connectivity index (χ3n) is 5.23. The highest BCUT2D eigenvalue weighted by Gasteiger charge is 2.26. The molecule has 208 valence electrons. The Morgan fingerprint density at radius 2 is 1.45 bits per heavy atom. The second kappa shape index (κ2) is 11.0. The smallest absolute Gasteiger partial charge is 0.297 e. The molecule has 17 heteroatoms. The van der Waals surface area contributed by atoms with Gasteiger partial charge >= 0.3 is 0 Å². The summed E-state index contributed by atoms with van der Waals surface area (Å²) in [6, 6.07) is 13.1. The Morgan fingerprint density at radius 3 is 2.10 bits per heavy atom. The minimum atomic E-state index is -5.08. The molecule has 6 N–H and O–H groups in total. The second-order valence-corrected chi connectivity index (χ2v) is 12.4. The van der Waals surface area contributed by atoms with Crippen molar-refractivity contribution >= 4 is 65.4 Å². The van der Waals surface area contributed by atoms with Gasteiger partial charge in [0.1, 0.15) is 22.4 Å². The van der Waals surface area contributed by atoms with Gasteiger partial charge in [-0.15, -0.1) is 0 Å². The maximum Gasteiger partial charge on any atom is 0.297 e. The third-order valence-corrected chi connectivity index (χ3v) is 8.47. The van der Waals surface area contributed by atoms with Crippen LogP contribution in [0.2, 0.25) is 0 Å². The Morgan fingerprint density at radius 1 is 0.775 bits per heavy atom. The molecule has 0 saturated heterocycles. The fourth-order valence-electron chi connectivity index (χ4n) is 3.55. The van der Waals surface area contributed by atoms with Crippen LogP contribution in [-0.4, -0.2) is 49.3 Å². The number of nitrogens with zero attached hydrogens (tertiary/aromatic N) is 3. The van der Waals surface area contributed by atoms with E-state index >= 15 is 0 Å². The SMILES string of the molecule is Nc1cccc(S(=O)(=O)Nc2ccc(C=Cc3ccccc3S(=O)(=O)O)c(S(=O)(=O)O)c2Nc2ncncn2)c1. The van der Waals surface area contributed by atoms with Gasteiger partial charge in [-0.2, -0.15) is 16.8 Å². The minimum Gasteiger partial charge on any atom is -0.399 e. The summed E-state index contributed by atoms with van der Waals surface area (Å²) in [4.78, 5) is 9.90. The van der Waals surface area contributed by atoms with E-state index in [1.54, 1.807) is 0 Å². The van der Waals surface area contributed by atoms with Crippen molar-refractivity contribution in [3.8, 4) is 0 Å². The van der Waals surface area contributed by atoms with Crippen LogP contribution in [0.15, 0.2) is 88.0 Å². The van der Waals surface area contributed by atoms with Crippen molar-refractivity contribution in [2.24, 2.45) is 0 Å². The highest BCUT2D eigenvalue weighted by atomic mass is 32.2. The topological polar surface area (TPSA) is 232 Å². The summed E-state index contributed by atoms with van der Waals surface area (Å²) in [7, 11) is -14.0. The first-order valence-electron chi connectivity index (χ1n) is 10.9. The Balaban J connectivity index is 1.91. The first-order valence-corrected chi connectivity index (χ1v) is 15.3. The molecular formula is C23H20N6O8S3. The highest BCUT2D eigenvalue weighted by Crippen LogP contribution is 2.37. The maximum absolute atomic E-state index is 13.1. The molecule has 1 heterocycles. The van der Waals surface area contributed by atoms with Crippen molar-refractivity contribution in [3.63, 3.8) is 0 Å². The zero-order chi connectivity index (χ0) is 29.1. The standard InChI is InChI=1S/C23H20N6O8S3/c24-17-5-3-6-18(12-17)38(30,31)29-19-11-10-16(9-8-15-4-1-2-7-20(15)39(32,33)34)22(40(35,36)37)21(19)28-23-26-13-25-14-27-23/h1-14,29H,24H2,(H,32,33,34)(H,35,36,37)(H,25,26,27,28). The van der Waals surface area contributed by atoms with E-state index in [0.717, 1.165) is 24.8 Å². The van der Waals surface area contributed by atoms with Crippen LogP contribution in [0.4, 0.5) is 23.0 Å². The van der Waals surface area contributed by atoms with Crippen molar-refractivity contribution in [1.82, 2.24) is 15.0 Å². The zero-order valence-corrected chi connectivity index (χ0v) is 22.5. The van der Waals surface area contributed by atoms with Gasteiger partial charge in [-0.05, 0) is 41.5 Å². The van der Waals surface area contributed by atoms with Gasteiger partial charge in [0.05, 0.1) is 16.3 Å². The molecule has 1 aromatic heterocycles. The molecule has 0 aliphatic heterocycles. The number of hydrogen-bond acceptors (Lipinski definition) is 11. The first-order chi connectivity index (χ1) is 18.8. The van der Waals surface area contributed by atoms with Crippen LogP contribution in [0.25, 0.3) is 12.2 Å². The van der Waals surface area contributed by atoms with Crippen LogP contribution in [0.3, 0.4) is 0 Å². The molecular weight excluding hydrogens is 584 g/mol. The lowest BCUT2D eigenvalue weighted by molar-refractivity contribution is 0.481. The number of nitrogens with two attached hydrogens (primary N) is 1. The number of hydrogen-bond donors (Lipinski definition) is 5. The predicted molar refractivity (Wildman–Crippen MR) is 146 cm³/mol. The molecule has 0 radical (unpaired) electrons. The van der Waals surface area contributed by atoms with Crippen LogP contribution < -0.4 is 15.8 Å². The van der Waals surface area contributed by atoms with Crippen LogP contribution in [-0.2, 0) is 30.3 Å². The summed E-state index contributed by atoms with van der Waals surface area (Å²) in [6.07, 6.45) is 4.53. The molecule has 0 bridgehead atoms. The largest absolute Gasteiger partial charge is 0.399 e. The molecule has 0 spiro atoms. The number of benzene rings is 3. The molecule has 0 saturated carbocycles. The van der Waals surface area contributed by atoms with E-state index in [1.807, 2.05) is 0 Å². The van der Waals surface area contributed by atoms with Crippen LogP contribution in [0, 0.1) is 0 Å². The lowest BCUT2D eigenvalue weighted by Gasteiger charge is -2.18. The number of rotatable bonds is 9. The number of aromatic nitrogens is 3. The minimum absolute atomic E-state index is 0.00436. The summed E-state index contributed by atoms with van der Waals surface area (Å²) in [6.45, 7) is 0. The molecule has 0 amide bonds. The van der Waals surface area contributed by atoms with Crippen molar-refractivity contribution in [1.29, 1.82) is 0 Å². The van der Waals surface area contributed by atoms with Crippen molar-refractivity contribution < 1.29 is 34.4 Å². The molecule has 0 unspecified atom stereocenters. The molecule has 40 heavy (non-hydrogen) atoms.